The van der Waals surface area contributed by atoms with Crippen LogP contribution in [0.3, 0.4) is 0 Å². The van der Waals surface area contributed by atoms with Crippen LogP contribution in [0.25, 0.3) is 5.69 Å². The molecule has 5 nitrogen and oxygen atoms in total. The molecule has 2 aromatic rings. The van der Waals surface area contributed by atoms with Crippen molar-refractivity contribution in [2.45, 2.75) is 18.5 Å². The number of aromatic nitrogens is 2. The molecular formula is C15H16N4OS. The number of carbonyl (C=O) groups is 1. The number of imidazole rings is 1. The van der Waals surface area contributed by atoms with Crippen molar-refractivity contribution in [2.24, 2.45) is 0 Å². The molecule has 0 unspecified atom stereocenters. The Labute approximate surface area is 128 Å². The van der Waals surface area contributed by atoms with Gasteiger partial charge in [-0.3, -0.25) is 9.36 Å². The van der Waals surface area contributed by atoms with E-state index in [0.717, 1.165) is 10.8 Å². The van der Waals surface area contributed by atoms with Crippen molar-refractivity contribution in [3.05, 3.63) is 42.2 Å². The maximum atomic E-state index is 11.6. The van der Waals surface area contributed by atoms with Crippen molar-refractivity contribution >= 4 is 17.7 Å². The summed E-state index contributed by atoms with van der Waals surface area (Å²) in [5, 5.41) is 11.9. The lowest BCUT2D eigenvalue weighted by Gasteiger charge is -2.08. The van der Waals surface area contributed by atoms with Crippen molar-refractivity contribution in [2.75, 3.05) is 12.3 Å². The van der Waals surface area contributed by atoms with Gasteiger partial charge in [-0.1, -0.05) is 23.9 Å². The number of thioether (sulfide) groups is 1. The Morgan fingerprint density at radius 3 is 3.14 bits per heavy atom. The van der Waals surface area contributed by atoms with Crippen molar-refractivity contribution in [3.8, 4) is 11.8 Å². The average molecular weight is 300 g/mol. The third kappa shape index (κ3) is 4.36. The summed E-state index contributed by atoms with van der Waals surface area (Å²) in [6.45, 7) is 2.43. The molecule has 21 heavy (non-hydrogen) atoms. The Kier molecular flexibility index (Phi) is 5.41. The smallest absolute Gasteiger partial charge is 0.230 e. The lowest BCUT2D eigenvalue weighted by atomic mass is 10.2. The third-order valence-corrected chi connectivity index (χ3v) is 3.74. The number of nitrogens with one attached hydrogen (secondary N) is 1. The predicted molar refractivity (Wildman–Crippen MR) is 82.3 cm³/mol. The monoisotopic (exact) mass is 300 g/mol. The van der Waals surface area contributed by atoms with Crippen LogP contribution < -0.4 is 5.32 Å². The fraction of sp³-hybridized carbons (Fsp3) is 0.267. The van der Waals surface area contributed by atoms with Crippen molar-refractivity contribution in [3.63, 3.8) is 0 Å². The minimum Gasteiger partial charge on any atom is -0.354 e. The van der Waals surface area contributed by atoms with Crippen LogP contribution in [0.5, 0.6) is 0 Å². The van der Waals surface area contributed by atoms with Crippen molar-refractivity contribution in [1.82, 2.24) is 14.9 Å². The predicted octanol–water partition coefficient (Wildman–Crippen LogP) is 2.30. The second-order valence-electron chi connectivity index (χ2n) is 4.47. The molecule has 1 heterocycles. The largest absolute Gasteiger partial charge is 0.354 e. The van der Waals surface area contributed by atoms with Crippen LogP contribution >= 0.6 is 11.8 Å². The summed E-state index contributed by atoms with van der Waals surface area (Å²) in [6, 6.07) is 10.1. The van der Waals surface area contributed by atoms with Gasteiger partial charge in [0.2, 0.25) is 5.91 Å². The van der Waals surface area contributed by atoms with Crippen LogP contribution in [-0.4, -0.2) is 27.8 Å². The molecule has 0 aliphatic carbocycles. The highest BCUT2D eigenvalue weighted by Crippen LogP contribution is 2.20. The molecular weight excluding hydrogens is 284 g/mol. The van der Waals surface area contributed by atoms with Crippen LogP contribution in [-0.2, 0) is 4.79 Å². The van der Waals surface area contributed by atoms with Gasteiger partial charge in [0.25, 0.3) is 0 Å². The number of rotatable bonds is 6. The fourth-order valence-corrected chi connectivity index (χ4v) is 2.61. The van der Waals surface area contributed by atoms with E-state index < -0.39 is 0 Å². The Morgan fingerprint density at radius 1 is 1.52 bits per heavy atom. The van der Waals surface area contributed by atoms with Gasteiger partial charge in [-0.25, -0.2) is 4.98 Å². The van der Waals surface area contributed by atoms with Crippen LogP contribution in [0.1, 0.15) is 12.0 Å². The summed E-state index contributed by atoms with van der Waals surface area (Å²) in [6.07, 6.45) is 3.93. The highest BCUT2D eigenvalue weighted by Gasteiger charge is 2.08. The zero-order valence-electron chi connectivity index (χ0n) is 11.7. The highest BCUT2D eigenvalue weighted by molar-refractivity contribution is 7.99. The summed E-state index contributed by atoms with van der Waals surface area (Å²) < 4.78 is 1.96. The molecule has 0 atom stereocenters. The third-order valence-electron chi connectivity index (χ3n) is 2.78. The summed E-state index contributed by atoms with van der Waals surface area (Å²) >= 11 is 1.38. The Bertz CT molecular complexity index is 660. The Morgan fingerprint density at radius 2 is 2.38 bits per heavy atom. The van der Waals surface area contributed by atoms with E-state index in [9.17, 15) is 4.79 Å². The number of aryl methyl sites for hydroxylation is 1. The maximum Gasteiger partial charge on any atom is 0.230 e. The van der Waals surface area contributed by atoms with Crippen molar-refractivity contribution < 1.29 is 4.79 Å². The van der Waals surface area contributed by atoms with Gasteiger partial charge in [0.15, 0.2) is 5.16 Å². The summed E-state index contributed by atoms with van der Waals surface area (Å²) in [4.78, 5) is 15.9. The van der Waals surface area contributed by atoms with E-state index in [2.05, 4.69) is 16.4 Å². The number of carbonyl (C=O) groups excluding carboxylic acids is 1. The number of nitrogens with zero attached hydrogens (tertiary/aromatic N) is 3. The molecule has 1 amide bonds. The van der Waals surface area contributed by atoms with Gasteiger partial charge in [-0.2, -0.15) is 5.26 Å². The Hall–Kier alpha value is -2.26. The Balaban J connectivity index is 1.98. The second kappa shape index (κ2) is 7.50. The van der Waals surface area contributed by atoms with E-state index in [0.29, 0.717) is 13.0 Å². The number of hydrogen-bond donors (Lipinski definition) is 1. The van der Waals surface area contributed by atoms with Crippen LogP contribution in [0.4, 0.5) is 0 Å². The van der Waals surface area contributed by atoms with Crippen molar-refractivity contribution in [1.29, 1.82) is 5.26 Å². The van der Waals surface area contributed by atoms with E-state index >= 15 is 0 Å². The summed E-state index contributed by atoms with van der Waals surface area (Å²) in [7, 11) is 0. The number of benzene rings is 1. The zero-order chi connectivity index (χ0) is 15.1. The lowest BCUT2D eigenvalue weighted by Crippen LogP contribution is -2.26. The summed E-state index contributed by atoms with van der Waals surface area (Å²) in [5.74, 6) is 0.197. The maximum absolute atomic E-state index is 11.6. The summed E-state index contributed by atoms with van der Waals surface area (Å²) in [5.41, 5.74) is 2.20. The molecule has 0 spiro atoms. The SMILES string of the molecule is Cc1cccc(-n2ccnc2SCC(=O)NCCC#N)c1. The molecule has 0 saturated carbocycles. The number of amides is 1. The van der Waals surface area contributed by atoms with E-state index in [1.165, 1.54) is 17.3 Å². The minimum atomic E-state index is -0.0888. The van der Waals surface area contributed by atoms with Gasteiger partial charge in [0.1, 0.15) is 0 Å². The number of nitriles is 1. The fourth-order valence-electron chi connectivity index (χ4n) is 1.81. The van der Waals surface area contributed by atoms with Gasteiger partial charge >= 0.3 is 0 Å². The molecule has 1 aromatic heterocycles. The molecule has 2 rings (SSSR count). The molecule has 0 saturated heterocycles. The first-order valence-electron chi connectivity index (χ1n) is 6.57. The quantitative estimate of drug-likeness (QED) is 0.656. The van der Waals surface area contributed by atoms with Gasteiger partial charge in [0, 0.05) is 24.6 Å². The molecule has 0 fully saturated rings. The number of hydrogen-bond acceptors (Lipinski definition) is 4. The van der Waals surface area contributed by atoms with E-state index in [4.69, 9.17) is 5.26 Å². The standard InChI is InChI=1S/C15H16N4OS/c1-12-4-2-5-13(10-12)19-9-8-18-15(19)21-11-14(20)17-7-3-6-16/h2,4-5,8-10H,3,7,11H2,1H3,(H,17,20). The first kappa shape index (κ1) is 15.1. The minimum absolute atomic E-state index is 0.0888. The van der Waals surface area contributed by atoms with Gasteiger partial charge in [0.05, 0.1) is 18.2 Å². The molecule has 1 aromatic carbocycles. The molecule has 0 aliphatic heterocycles. The second-order valence-corrected chi connectivity index (χ2v) is 5.41. The zero-order valence-corrected chi connectivity index (χ0v) is 12.6. The van der Waals surface area contributed by atoms with Gasteiger partial charge < -0.3 is 5.32 Å². The molecule has 0 aliphatic rings. The highest BCUT2D eigenvalue weighted by atomic mass is 32.2. The van der Waals surface area contributed by atoms with E-state index in [1.54, 1.807) is 6.20 Å². The molecule has 0 radical (unpaired) electrons. The van der Waals surface area contributed by atoms with Crippen LogP contribution in [0.15, 0.2) is 41.8 Å². The van der Waals surface area contributed by atoms with Gasteiger partial charge in [-0.05, 0) is 24.6 Å². The normalized spacial score (nSPS) is 10.1. The first-order chi connectivity index (χ1) is 10.2. The molecule has 0 bridgehead atoms. The average Bonchev–Trinajstić information content (AvgIpc) is 2.94. The molecule has 108 valence electrons. The topological polar surface area (TPSA) is 70.7 Å². The van der Waals surface area contributed by atoms with Crippen LogP contribution in [0.2, 0.25) is 0 Å². The molecule has 1 N–H and O–H groups in total. The lowest BCUT2D eigenvalue weighted by molar-refractivity contribution is -0.118. The molecule has 6 heteroatoms. The van der Waals surface area contributed by atoms with E-state index in [1.807, 2.05) is 42.0 Å². The van der Waals surface area contributed by atoms with Crippen LogP contribution in [0, 0.1) is 18.3 Å². The van der Waals surface area contributed by atoms with Gasteiger partial charge in [-0.15, -0.1) is 0 Å². The van der Waals surface area contributed by atoms with E-state index in [-0.39, 0.29) is 11.7 Å². The first-order valence-corrected chi connectivity index (χ1v) is 7.56.